The lowest BCUT2D eigenvalue weighted by Crippen LogP contribution is -2.31. The summed E-state index contributed by atoms with van der Waals surface area (Å²) in [6, 6.07) is 5.38. The van der Waals surface area contributed by atoms with E-state index in [-0.39, 0.29) is 33.4 Å². The van der Waals surface area contributed by atoms with Crippen molar-refractivity contribution in [2.24, 2.45) is 0 Å². The van der Waals surface area contributed by atoms with Gasteiger partial charge in [-0.25, -0.2) is 22.0 Å². The Labute approximate surface area is 176 Å². The molecule has 2 aromatic carbocycles. The van der Waals surface area contributed by atoms with Crippen LogP contribution in [0.1, 0.15) is 18.6 Å². The first-order chi connectivity index (χ1) is 13.7. The molecule has 2 aromatic heterocycles. The highest BCUT2D eigenvalue weighted by Crippen LogP contribution is 2.35. The van der Waals surface area contributed by atoms with Crippen LogP contribution in [-0.4, -0.2) is 27.4 Å². The molecule has 4 aromatic rings. The zero-order chi connectivity index (χ0) is 20.7. The van der Waals surface area contributed by atoms with Crippen LogP contribution in [-0.2, 0) is 10.0 Å². The molecule has 7 nitrogen and oxygen atoms in total. The quantitative estimate of drug-likeness (QED) is 0.378. The van der Waals surface area contributed by atoms with Crippen molar-refractivity contribution in [2.45, 2.75) is 25.0 Å². The van der Waals surface area contributed by atoms with E-state index in [1.54, 1.807) is 13.0 Å². The van der Waals surface area contributed by atoms with Crippen LogP contribution in [0.4, 0.5) is 8.78 Å². The van der Waals surface area contributed by atoms with E-state index in [1.807, 2.05) is 22.6 Å². The smallest absolute Gasteiger partial charge is 0.347 e. The number of fused-ring (bicyclic) bond motifs is 2. The Hall–Kier alpha value is -2.28. The highest BCUT2D eigenvalue weighted by molar-refractivity contribution is 14.1. The molecule has 0 amide bonds. The number of nitrogens with zero attached hydrogens (tertiary/aromatic N) is 3. The van der Waals surface area contributed by atoms with Gasteiger partial charge < -0.3 is 4.52 Å². The van der Waals surface area contributed by atoms with Gasteiger partial charge in [0.1, 0.15) is 17.1 Å². The summed E-state index contributed by atoms with van der Waals surface area (Å²) in [5.74, 6) is -1.45. The normalized spacial score (nSPS) is 14.9. The van der Waals surface area contributed by atoms with Crippen molar-refractivity contribution in [3.05, 3.63) is 55.7 Å². The minimum Gasteiger partial charge on any atom is -0.360 e. The van der Waals surface area contributed by atoms with Crippen LogP contribution in [0.3, 0.4) is 0 Å². The minimum absolute atomic E-state index is 0.157. The highest BCUT2D eigenvalue weighted by atomic mass is 127. The topological polar surface area (TPSA) is 87.1 Å². The Morgan fingerprint density at radius 3 is 2.62 bits per heavy atom. The number of rotatable bonds is 3. The maximum atomic E-state index is 15.4. The Bertz CT molecular complexity index is 1500. The molecule has 0 aliphatic heterocycles. The summed E-state index contributed by atoms with van der Waals surface area (Å²) < 4.78 is 63.0. The van der Waals surface area contributed by atoms with Crippen molar-refractivity contribution in [1.29, 1.82) is 0 Å². The van der Waals surface area contributed by atoms with Crippen LogP contribution in [0.2, 0.25) is 0 Å². The first-order valence-electron chi connectivity index (χ1n) is 8.63. The third-order valence-electron chi connectivity index (χ3n) is 5.01. The summed E-state index contributed by atoms with van der Waals surface area (Å²) in [5.41, 5.74) is -1.98. The number of hydrogen-bond acceptors (Lipinski definition) is 5. The monoisotopic (exact) mass is 531 g/mol. The first-order valence-corrected chi connectivity index (χ1v) is 11.2. The van der Waals surface area contributed by atoms with Crippen LogP contribution in [0.5, 0.6) is 0 Å². The third kappa shape index (κ3) is 2.59. The van der Waals surface area contributed by atoms with Gasteiger partial charge in [0.25, 0.3) is 0 Å². The summed E-state index contributed by atoms with van der Waals surface area (Å²) in [5, 5.41) is 3.19. The Kier molecular flexibility index (Phi) is 3.95. The summed E-state index contributed by atoms with van der Waals surface area (Å²) in [6.07, 6.45) is 0.826. The lowest BCUT2D eigenvalue weighted by Gasteiger charge is -2.06. The molecule has 0 radical (unpaired) electrons. The van der Waals surface area contributed by atoms with Crippen LogP contribution in [0, 0.1) is 22.1 Å². The van der Waals surface area contributed by atoms with Gasteiger partial charge in [-0.15, -0.1) is 0 Å². The molecule has 1 saturated carbocycles. The van der Waals surface area contributed by atoms with Crippen LogP contribution in [0.25, 0.3) is 27.6 Å². The van der Waals surface area contributed by atoms with Crippen LogP contribution in [0.15, 0.2) is 33.6 Å². The lowest BCUT2D eigenvalue weighted by molar-refractivity contribution is 0.403. The molecule has 29 heavy (non-hydrogen) atoms. The van der Waals surface area contributed by atoms with Crippen molar-refractivity contribution < 1.29 is 21.7 Å². The van der Waals surface area contributed by atoms with E-state index in [0.717, 1.165) is 4.57 Å². The molecule has 0 bridgehead atoms. The van der Waals surface area contributed by atoms with Gasteiger partial charge in [-0.1, -0.05) is 5.16 Å². The fourth-order valence-electron chi connectivity index (χ4n) is 3.44. The zero-order valence-electron chi connectivity index (χ0n) is 14.8. The van der Waals surface area contributed by atoms with Gasteiger partial charge in [0.05, 0.1) is 16.5 Å². The largest absolute Gasteiger partial charge is 0.360 e. The summed E-state index contributed by atoms with van der Waals surface area (Å²) in [4.78, 5) is 13.2. The molecular weight excluding hydrogens is 519 g/mol. The molecule has 0 spiro atoms. The Morgan fingerprint density at radius 1 is 1.24 bits per heavy atom. The van der Waals surface area contributed by atoms with E-state index >= 15 is 4.39 Å². The van der Waals surface area contributed by atoms with Gasteiger partial charge in [-0.2, -0.15) is 3.97 Å². The molecular formula is C18H12F2IN3O4S. The number of halogens is 3. The number of benzene rings is 2. The molecule has 0 atom stereocenters. The predicted molar refractivity (Wildman–Crippen MR) is 110 cm³/mol. The molecule has 0 unspecified atom stereocenters. The maximum Gasteiger partial charge on any atom is 0.347 e. The van der Waals surface area contributed by atoms with E-state index in [4.69, 9.17) is 4.52 Å². The van der Waals surface area contributed by atoms with Gasteiger partial charge in [-0.3, -0.25) is 4.57 Å². The van der Waals surface area contributed by atoms with Crippen molar-refractivity contribution in [1.82, 2.24) is 13.7 Å². The van der Waals surface area contributed by atoms with Gasteiger partial charge in [0, 0.05) is 8.96 Å². The highest BCUT2D eigenvalue weighted by Gasteiger charge is 2.40. The number of imidazole rings is 1. The standard InChI is InChI=1S/C18H12F2IN3O4S/c1-8-11-7-14-17(15(20)16(11)22-28-8)23(13-5-2-9(21)6-12(13)19)18(25)24(14)29(26,27)10-3-4-10/h2,5-7,10H,3-4H2,1H3. The summed E-state index contributed by atoms with van der Waals surface area (Å²) in [7, 11) is -4.07. The molecule has 0 N–H and O–H groups in total. The Morgan fingerprint density at radius 2 is 1.97 bits per heavy atom. The van der Waals surface area contributed by atoms with E-state index in [9.17, 15) is 17.6 Å². The zero-order valence-corrected chi connectivity index (χ0v) is 17.8. The molecule has 0 saturated heterocycles. The molecule has 2 heterocycles. The van der Waals surface area contributed by atoms with E-state index in [1.165, 1.54) is 18.2 Å². The number of aromatic nitrogens is 3. The average molecular weight is 531 g/mol. The van der Waals surface area contributed by atoms with Crippen LogP contribution >= 0.6 is 22.6 Å². The molecule has 150 valence electrons. The van der Waals surface area contributed by atoms with Gasteiger partial charge in [0.15, 0.2) is 11.3 Å². The number of hydrogen-bond donors (Lipinski definition) is 0. The van der Waals surface area contributed by atoms with Crippen LogP contribution < -0.4 is 5.69 Å². The summed E-state index contributed by atoms with van der Waals surface area (Å²) >= 11 is 1.90. The van der Waals surface area contributed by atoms with E-state index in [2.05, 4.69) is 5.16 Å². The van der Waals surface area contributed by atoms with Crippen molar-refractivity contribution >= 4 is 54.6 Å². The maximum absolute atomic E-state index is 15.4. The Balaban J connectivity index is 2.01. The second-order valence-electron chi connectivity index (χ2n) is 6.92. The van der Waals surface area contributed by atoms with Gasteiger partial charge in [0.2, 0.25) is 10.0 Å². The van der Waals surface area contributed by atoms with Crippen molar-refractivity contribution in [3.63, 3.8) is 0 Å². The first kappa shape index (κ1) is 18.7. The van der Waals surface area contributed by atoms with Crippen molar-refractivity contribution in [3.8, 4) is 5.69 Å². The SMILES string of the molecule is Cc1onc2c(F)c3c(cc12)n(S(=O)(=O)C1CC1)c(=O)n3-c1ccc(I)cc1F. The molecule has 11 heteroatoms. The second-order valence-corrected chi connectivity index (χ2v) is 10.2. The molecule has 5 rings (SSSR count). The fraction of sp³-hybridized carbons (Fsp3) is 0.222. The lowest BCUT2D eigenvalue weighted by atomic mass is 10.2. The van der Waals surface area contributed by atoms with E-state index < -0.39 is 32.6 Å². The second kappa shape index (κ2) is 6.11. The minimum atomic E-state index is -4.07. The van der Waals surface area contributed by atoms with Crippen molar-refractivity contribution in [2.75, 3.05) is 0 Å². The molecule has 1 fully saturated rings. The van der Waals surface area contributed by atoms with Gasteiger partial charge in [-0.05, 0) is 66.6 Å². The number of aryl methyl sites for hydroxylation is 1. The average Bonchev–Trinajstić information content (AvgIpc) is 3.39. The van der Waals surface area contributed by atoms with E-state index in [0.29, 0.717) is 20.4 Å². The predicted octanol–water partition coefficient (Wildman–Crippen LogP) is 3.46. The summed E-state index contributed by atoms with van der Waals surface area (Å²) in [6.45, 7) is 1.55. The fourth-order valence-corrected chi connectivity index (χ4v) is 5.64. The molecule has 1 aliphatic carbocycles. The molecule has 1 aliphatic rings. The third-order valence-corrected chi connectivity index (χ3v) is 7.85. The van der Waals surface area contributed by atoms with Gasteiger partial charge >= 0.3 is 5.69 Å².